The summed E-state index contributed by atoms with van der Waals surface area (Å²) in [6.07, 6.45) is 1.97. The average molecular weight is 467 g/mol. The summed E-state index contributed by atoms with van der Waals surface area (Å²) in [6, 6.07) is 18.0. The molecule has 2 aromatic rings. The molecule has 0 saturated heterocycles. The first-order valence-electron chi connectivity index (χ1n) is 11.8. The van der Waals surface area contributed by atoms with Gasteiger partial charge in [-0.15, -0.1) is 0 Å². The van der Waals surface area contributed by atoms with Crippen LogP contribution in [0.3, 0.4) is 0 Å². The number of thiocarbonyl (C=S) groups is 1. The summed E-state index contributed by atoms with van der Waals surface area (Å²) < 4.78 is 10.9. The van der Waals surface area contributed by atoms with E-state index in [1.807, 2.05) is 49.4 Å². The molecule has 0 unspecified atom stereocenters. The monoisotopic (exact) mass is 466 g/mol. The molecule has 176 valence electrons. The summed E-state index contributed by atoms with van der Waals surface area (Å²) in [5.41, 5.74) is 2.20. The van der Waals surface area contributed by atoms with E-state index >= 15 is 0 Å². The maximum atomic E-state index is 13.1. The SMILES string of the molecule is CCOC(=O)[C@H]1C[C@H]2C[C@@H]([C@H]1N(Cc1ccccc1)C(=S)Nc1cccc(OC)c1)C2(C)C. The molecule has 2 bridgehead atoms. The number of esters is 1. The Labute approximate surface area is 202 Å². The number of hydrogen-bond acceptors (Lipinski definition) is 4. The van der Waals surface area contributed by atoms with Gasteiger partial charge in [-0.05, 0) is 66.9 Å². The van der Waals surface area contributed by atoms with Gasteiger partial charge in [-0.25, -0.2) is 0 Å². The number of ether oxygens (including phenoxy) is 2. The number of nitrogens with zero attached hydrogens (tertiary/aromatic N) is 1. The summed E-state index contributed by atoms with van der Waals surface area (Å²) in [6.45, 7) is 7.57. The third-order valence-electron chi connectivity index (χ3n) is 7.64. The van der Waals surface area contributed by atoms with Crippen molar-refractivity contribution in [1.29, 1.82) is 0 Å². The first-order valence-corrected chi connectivity index (χ1v) is 12.2. The standard InChI is InChI=1S/C27H34N2O3S/c1-5-32-25(30)22-14-19-15-23(27(19,2)3)24(22)29(17-18-10-7-6-8-11-18)26(33)28-20-12-9-13-21(16-20)31-4/h6-13,16,19,22-24H,5,14-15,17H2,1-4H3,(H,28,33)/t19-,22-,23-,24-/m0/s1. The Kier molecular flexibility index (Phi) is 6.94. The van der Waals surface area contributed by atoms with E-state index in [-0.39, 0.29) is 23.3 Å². The third kappa shape index (κ3) is 4.72. The maximum Gasteiger partial charge on any atom is 0.311 e. The quantitative estimate of drug-likeness (QED) is 0.429. The van der Waals surface area contributed by atoms with E-state index in [4.69, 9.17) is 21.7 Å². The van der Waals surface area contributed by atoms with Gasteiger partial charge in [0.25, 0.3) is 0 Å². The maximum absolute atomic E-state index is 13.1. The number of nitrogens with one attached hydrogen (secondary N) is 1. The molecule has 0 amide bonds. The predicted molar refractivity (Wildman–Crippen MR) is 135 cm³/mol. The van der Waals surface area contributed by atoms with Crippen LogP contribution < -0.4 is 10.1 Å². The molecule has 0 aliphatic heterocycles. The lowest BCUT2D eigenvalue weighted by Crippen LogP contribution is -2.66. The number of methoxy groups -OCH3 is 1. The van der Waals surface area contributed by atoms with E-state index in [9.17, 15) is 4.79 Å². The summed E-state index contributed by atoms with van der Waals surface area (Å²) in [4.78, 5) is 15.3. The number of rotatable bonds is 7. The van der Waals surface area contributed by atoms with Crippen molar-refractivity contribution in [2.45, 2.75) is 46.2 Å². The number of benzene rings is 2. The molecule has 3 fully saturated rings. The van der Waals surface area contributed by atoms with Crippen LogP contribution in [-0.2, 0) is 16.1 Å². The van der Waals surface area contributed by atoms with Crippen LogP contribution in [0.4, 0.5) is 5.69 Å². The molecule has 3 aliphatic rings. The second-order valence-electron chi connectivity index (χ2n) is 9.72. The molecule has 6 heteroatoms. The molecule has 4 atom stereocenters. The summed E-state index contributed by atoms with van der Waals surface area (Å²) in [7, 11) is 1.65. The first-order chi connectivity index (χ1) is 15.8. The van der Waals surface area contributed by atoms with Crippen LogP contribution in [0.2, 0.25) is 0 Å². The Balaban J connectivity index is 1.68. The van der Waals surface area contributed by atoms with Crippen LogP contribution in [0, 0.1) is 23.2 Å². The second-order valence-corrected chi connectivity index (χ2v) is 10.1. The number of hydrogen-bond donors (Lipinski definition) is 1. The number of carbonyl (C=O) groups excluding carboxylic acids is 1. The molecule has 5 rings (SSSR count). The zero-order valence-electron chi connectivity index (χ0n) is 19.9. The van der Waals surface area contributed by atoms with Crippen molar-refractivity contribution in [1.82, 2.24) is 4.90 Å². The fraction of sp³-hybridized carbons (Fsp3) is 0.481. The van der Waals surface area contributed by atoms with Crippen LogP contribution >= 0.6 is 12.2 Å². The molecule has 33 heavy (non-hydrogen) atoms. The van der Waals surface area contributed by atoms with E-state index in [1.165, 1.54) is 0 Å². The third-order valence-corrected chi connectivity index (χ3v) is 7.97. The smallest absolute Gasteiger partial charge is 0.311 e. The van der Waals surface area contributed by atoms with Gasteiger partial charge < -0.3 is 19.7 Å². The average Bonchev–Trinajstić information content (AvgIpc) is 2.82. The van der Waals surface area contributed by atoms with Gasteiger partial charge in [0.1, 0.15) is 5.75 Å². The Morgan fingerprint density at radius 2 is 1.91 bits per heavy atom. The predicted octanol–water partition coefficient (Wildman–Crippen LogP) is 5.51. The van der Waals surface area contributed by atoms with E-state index in [0.29, 0.717) is 30.1 Å². The zero-order chi connectivity index (χ0) is 23.6. The van der Waals surface area contributed by atoms with Gasteiger partial charge in [0.2, 0.25) is 0 Å². The number of anilines is 1. The highest BCUT2D eigenvalue weighted by Crippen LogP contribution is 2.62. The Morgan fingerprint density at radius 3 is 2.58 bits per heavy atom. The fourth-order valence-electron chi connectivity index (χ4n) is 5.67. The van der Waals surface area contributed by atoms with E-state index in [1.54, 1.807) is 7.11 Å². The van der Waals surface area contributed by atoms with E-state index in [0.717, 1.165) is 29.8 Å². The van der Waals surface area contributed by atoms with Gasteiger partial charge in [0.05, 0.1) is 19.6 Å². The lowest BCUT2D eigenvalue weighted by atomic mass is 9.44. The number of fused-ring (bicyclic) bond motifs is 2. The van der Waals surface area contributed by atoms with Crippen LogP contribution in [0.15, 0.2) is 54.6 Å². The normalized spacial score (nSPS) is 24.8. The molecule has 1 N–H and O–H groups in total. The van der Waals surface area contributed by atoms with Crippen LogP contribution in [0.5, 0.6) is 5.75 Å². The largest absolute Gasteiger partial charge is 0.497 e. The van der Waals surface area contributed by atoms with Crippen molar-refractivity contribution >= 4 is 29.0 Å². The molecule has 0 spiro atoms. The zero-order valence-corrected chi connectivity index (χ0v) is 20.7. The first kappa shape index (κ1) is 23.6. The van der Waals surface area contributed by atoms with Crippen LogP contribution in [0.1, 0.15) is 39.2 Å². The van der Waals surface area contributed by atoms with Crippen LogP contribution in [-0.4, -0.2) is 35.7 Å². The molecule has 5 nitrogen and oxygen atoms in total. The van der Waals surface area contributed by atoms with Gasteiger partial charge >= 0.3 is 5.97 Å². The molecule has 0 radical (unpaired) electrons. The minimum absolute atomic E-state index is 0.0186. The van der Waals surface area contributed by atoms with Crippen molar-refractivity contribution < 1.29 is 14.3 Å². The van der Waals surface area contributed by atoms with Gasteiger partial charge in [-0.3, -0.25) is 4.79 Å². The van der Waals surface area contributed by atoms with E-state index < -0.39 is 0 Å². The molecular formula is C27H34N2O3S. The Morgan fingerprint density at radius 1 is 1.15 bits per heavy atom. The Bertz CT molecular complexity index is 994. The molecule has 0 aromatic heterocycles. The van der Waals surface area contributed by atoms with Crippen LogP contribution in [0.25, 0.3) is 0 Å². The highest BCUT2D eigenvalue weighted by molar-refractivity contribution is 7.80. The van der Waals surface area contributed by atoms with Crippen molar-refractivity contribution in [2.75, 3.05) is 19.0 Å². The topological polar surface area (TPSA) is 50.8 Å². The van der Waals surface area contributed by atoms with Gasteiger partial charge in [-0.1, -0.05) is 50.2 Å². The molecule has 3 aliphatic carbocycles. The van der Waals surface area contributed by atoms with Crippen molar-refractivity contribution in [3.63, 3.8) is 0 Å². The summed E-state index contributed by atoms with van der Waals surface area (Å²) in [5.74, 6) is 1.40. The summed E-state index contributed by atoms with van der Waals surface area (Å²) >= 11 is 5.99. The lowest BCUT2D eigenvalue weighted by molar-refractivity contribution is -0.175. The molecule has 3 saturated carbocycles. The Hall–Kier alpha value is -2.60. The van der Waals surface area contributed by atoms with Gasteiger partial charge in [0, 0.05) is 24.3 Å². The second kappa shape index (κ2) is 9.72. The van der Waals surface area contributed by atoms with Crippen molar-refractivity contribution in [3.8, 4) is 5.75 Å². The minimum Gasteiger partial charge on any atom is -0.497 e. The van der Waals surface area contributed by atoms with Gasteiger partial charge in [0.15, 0.2) is 5.11 Å². The summed E-state index contributed by atoms with van der Waals surface area (Å²) in [5, 5.41) is 4.03. The number of carbonyl (C=O) groups is 1. The molecular weight excluding hydrogens is 432 g/mol. The highest BCUT2D eigenvalue weighted by Gasteiger charge is 2.61. The van der Waals surface area contributed by atoms with Crippen molar-refractivity contribution in [3.05, 3.63) is 60.2 Å². The van der Waals surface area contributed by atoms with E-state index in [2.05, 4.69) is 36.2 Å². The lowest BCUT2D eigenvalue weighted by Gasteiger charge is -2.64. The van der Waals surface area contributed by atoms with Crippen molar-refractivity contribution in [2.24, 2.45) is 23.2 Å². The molecule has 2 aromatic carbocycles. The highest BCUT2D eigenvalue weighted by atomic mass is 32.1. The minimum atomic E-state index is -0.185. The molecule has 0 heterocycles. The fourth-order valence-corrected chi connectivity index (χ4v) is 5.97. The van der Waals surface area contributed by atoms with Gasteiger partial charge in [-0.2, -0.15) is 0 Å².